The van der Waals surface area contributed by atoms with E-state index in [9.17, 15) is 27.9 Å². The van der Waals surface area contributed by atoms with Crippen LogP contribution in [0, 0.1) is 0 Å². The third kappa shape index (κ3) is 4.27. The van der Waals surface area contributed by atoms with Crippen molar-refractivity contribution >= 4 is 16.9 Å². The number of hydrogen-bond acceptors (Lipinski definition) is 4. The van der Waals surface area contributed by atoms with Crippen LogP contribution in [0.1, 0.15) is 15.9 Å². The fourth-order valence-electron chi connectivity index (χ4n) is 3.22. The van der Waals surface area contributed by atoms with Crippen LogP contribution in [0.5, 0.6) is 5.75 Å². The van der Waals surface area contributed by atoms with Crippen LogP contribution in [0.2, 0.25) is 0 Å². The number of carboxylic acids is 1. The van der Waals surface area contributed by atoms with Gasteiger partial charge in [0.05, 0.1) is 18.4 Å². The number of aromatic nitrogens is 3. The highest BCUT2D eigenvalue weighted by Crippen LogP contribution is 2.24. The number of nitrogens with one attached hydrogen (secondary N) is 1. The van der Waals surface area contributed by atoms with E-state index in [1.165, 1.54) is 35.1 Å². The van der Waals surface area contributed by atoms with Crippen LogP contribution in [-0.4, -0.2) is 32.2 Å². The van der Waals surface area contributed by atoms with E-state index in [1.807, 2.05) is 0 Å². The van der Waals surface area contributed by atoms with Gasteiger partial charge in [0.15, 0.2) is 0 Å². The molecule has 0 unspecified atom stereocenters. The van der Waals surface area contributed by atoms with Gasteiger partial charge in [-0.15, -0.1) is 13.2 Å². The molecule has 0 aliphatic rings. The highest BCUT2D eigenvalue weighted by atomic mass is 19.4. The Hall–Kier alpha value is -4.08. The minimum Gasteiger partial charge on any atom is -0.477 e. The number of hydrogen-bond donors (Lipinski definition) is 2. The molecule has 2 aromatic carbocycles. The number of halogens is 3. The Morgan fingerprint density at radius 1 is 1.13 bits per heavy atom. The normalized spacial score (nSPS) is 11.6. The Labute approximate surface area is 172 Å². The number of nitrogens with zero attached hydrogens (tertiary/aromatic N) is 2. The molecule has 2 N–H and O–H groups in total. The molecule has 0 saturated heterocycles. The molecular formula is C21H14F3N3O4. The zero-order chi connectivity index (χ0) is 22.2. The molecule has 0 aliphatic heterocycles. The van der Waals surface area contributed by atoms with Gasteiger partial charge in [-0.2, -0.15) is 5.10 Å². The third-order valence-corrected chi connectivity index (χ3v) is 4.55. The molecule has 2 aromatic heterocycles. The summed E-state index contributed by atoms with van der Waals surface area (Å²) in [5, 5.41) is 14.0. The summed E-state index contributed by atoms with van der Waals surface area (Å²) < 4.78 is 42.1. The Morgan fingerprint density at radius 2 is 1.84 bits per heavy atom. The molecule has 31 heavy (non-hydrogen) atoms. The van der Waals surface area contributed by atoms with Crippen molar-refractivity contribution in [1.29, 1.82) is 0 Å². The van der Waals surface area contributed by atoms with Crippen molar-refractivity contribution < 1.29 is 27.8 Å². The molecule has 0 bridgehead atoms. The average Bonchev–Trinajstić information content (AvgIpc) is 3.16. The lowest BCUT2D eigenvalue weighted by Crippen LogP contribution is -2.17. The molecule has 4 aromatic rings. The number of para-hydroxylation sites is 1. The molecule has 4 rings (SSSR count). The number of benzene rings is 2. The monoisotopic (exact) mass is 429 g/mol. The van der Waals surface area contributed by atoms with Gasteiger partial charge in [-0.25, -0.2) is 4.79 Å². The highest BCUT2D eigenvalue weighted by Gasteiger charge is 2.31. The molecule has 0 amide bonds. The first-order valence-electron chi connectivity index (χ1n) is 8.97. The van der Waals surface area contributed by atoms with Gasteiger partial charge in [-0.05, 0) is 29.8 Å². The second kappa shape index (κ2) is 7.63. The molecular weight excluding hydrogens is 415 g/mol. The zero-order valence-corrected chi connectivity index (χ0v) is 15.7. The molecule has 0 fully saturated rings. The van der Waals surface area contributed by atoms with Crippen LogP contribution in [0.15, 0.2) is 65.7 Å². The predicted octanol–water partition coefficient (Wildman–Crippen LogP) is 4.04. The molecule has 158 valence electrons. The summed E-state index contributed by atoms with van der Waals surface area (Å²) in [4.78, 5) is 27.4. The molecule has 0 spiro atoms. The predicted molar refractivity (Wildman–Crippen MR) is 105 cm³/mol. The van der Waals surface area contributed by atoms with E-state index in [-0.39, 0.29) is 23.4 Å². The molecule has 0 radical (unpaired) electrons. The molecule has 7 nitrogen and oxygen atoms in total. The number of carbonyl (C=O) groups is 1. The van der Waals surface area contributed by atoms with Crippen LogP contribution in [0.4, 0.5) is 13.2 Å². The minimum absolute atomic E-state index is 0.122. The summed E-state index contributed by atoms with van der Waals surface area (Å²) in [6.45, 7) is 0.215. The van der Waals surface area contributed by atoms with Gasteiger partial charge in [0.2, 0.25) is 5.43 Å². The Bertz CT molecular complexity index is 1320. The number of aromatic amines is 1. The lowest BCUT2D eigenvalue weighted by Gasteiger charge is -2.09. The lowest BCUT2D eigenvalue weighted by molar-refractivity contribution is -0.274. The first-order chi connectivity index (χ1) is 14.7. The van der Waals surface area contributed by atoms with Crippen molar-refractivity contribution in [1.82, 2.24) is 14.8 Å². The van der Waals surface area contributed by atoms with E-state index in [4.69, 9.17) is 0 Å². The molecule has 0 saturated carbocycles. The van der Waals surface area contributed by atoms with Crippen LogP contribution in [0.3, 0.4) is 0 Å². The standard InChI is InChI=1S/C21H14F3N3O4/c22-21(23,24)31-14-7-5-12(6-8-14)10-27-11-13(9-25-27)18-17(20(29)30)19(28)15-3-1-2-4-16(15)26-18/h1-9,11H,10H2,(H,26,28)(H,29,30). The van der Waals surface area contributed by atoms with Crippen LogP contribution in [-0.2, 0) is 6.54 Å². The number of pyridine rings is 1. The summed E-state index contributed by atoms with van der Waals surface area (Å²) in [6.07, 6.45) is -1.81. The minimum atomic E-state index is -4.77. The quantitative estimate of drug-likeness (QED) is 0.499. The third-order valence-electron chi connectivity index (χ3n) is 4.55. The molecule has 0 atom stereocenters. The number of aromatic carboxylic acids is 1. The van der Waals surface area contributed by atoms with Gasteiger partial charge in [-0.1, -0.05) is 24.3 Å². The van der Waals surface area contributed by atoms with Crippen molar-refractivity contribution in [3.8, 4) is 17.0 Å². The number of fused-ring (bicyclic) bond motifs is 1. The smallest absolute Gasteiger partial charge is 0.477 e. The van der Waals surface area contributed by atoms with E-state index in [2.05, 4.69) is 14.8 Å². The van der Waals surface area contributed by atoms with Crippen LogP contribution < -0.4 is 10.2 Å². The Balaban J connectivity index is 1.65. The number of ether oxygens (including phenoxy) is 1. The van der Waals surface area contributed by atoms with E-state index >= 15 is 0 Å². The van der Waals surface area contributed by atoms with E-state index in [0.29, 0.717) is 16.6 Å². The van der Waals surface area contributed by atoms with E-state index in [0.717, 1.165) is 0 Å². The van der Waals surface area contributed by atoms with Gasteiger partial charge in [-0.3, -0.25) is 9.48 Å². The summed E-state index contributed by atoms with van der Waals surface area (Å²) in [6, 6.07) is 11.9. The molecule has 2 heterocycles. The summed E-state index contributed by atoms with van der Waals surface area (Å²) in [5.74, 6) is -1.70. The maximum absolute atomic E-state index is 12.7. The van der Waals surface area contributed by atoms with Crippen molar-refractivity contribution in [3.05, 3.63) is 82.3 Å². The second-order valence-electron chi connectivity index (χ2n) is 6.67. The van der Waals surface area contributed by atoms with Crippen LogP contribution >= 0.6 is 0 Å². The molecule has 10 heteroatoms. The molecule has 0 aliphatic carbocycles. The van der Waals surface area contributed by atoms with Gasteiger partial charge < -0.3 is 14.8 Å². The van der Waals surface area contributed by atoms with E-state index in [1.54, 1.807) is 30.5 Å². The van der Waals surface area contributed by atoms with Crippen molar-refractivity contribution in [2.75, 3.05) is 0 Å². The van der Waals surface area contributed by atoms with Crippen LogP contribution in [0.25, 0.3) is 22.2 Å². The summed E-state index contributed by atoms with van der Waals surface area (Å²) in [5.41, 5.74) is 0.639. The van der Waals surface area contributed by atoms with Gasteiger partial charge in [0.25, 0.3) is 0 Å². The van der Waals surface area contributed by atoms with Crippen molar-refractivity contribution in [2.24, 2.45) is 0 Å². The van der Waals surface area contributed by atoms with Gasteiger partial charge in [0, 0.05) is 22.7 Å². The number of H-pyrrole nitrogens is 1. The fourth-order valence-corrected chi connectivity index (χ4v) is 3.22. The maximum Gasteiger partial charge on any atom is 0.573 e. The SMILES string of the molecule is O=C(O)c1c(-c2cnn(Cc3ccc(OC(F)(F)F)cc3)c2)[nH]c2ccccc2c1=O. The first kappa shape index (κ1) is 20.2. The van der Waals surface area contributed by atoms with E-state index < -0.39 is 23.3 Å². The maximum atomic E-state index is 12.7. The number of rotatable bonds is 5. The first-order valence-corrected chi connectivity index (χ1v) is 8.97. The van der Waals surface area contributed by atoms with Gasteiger partial charge in [0.1, 0.15) is 11.3 Å². The highest BCUT2D eigenvalue weighted by molar-refractivity contribution is 5.99. The van der Waals surface area contributed by atoms with Crippen molar-refractivity contribution in [2.45, 2.75) is 12.9 Å². The second-order valence-corrected chi connectivity index (χ2v) is 6.67. The Morgan fingerprint density at radius 3 is 2.52 bits per heavy atom. The Kier molecular flexibility index (Phi) is 4.97. The summed E-state index contributed by atoms with van der Waals surface area (Å²) >= 11 is 0. The lowest BCUT2D eigenvalue weighted by atomic mass is 10.0. The van der Waals surface area contributed by atoms with Gasteiger partial charge >= 0.3 is 12.3 Å². The number of carboxylic acid groups (broad SMARTS) is 1. The van der Waals surface area contributed by atoms with Crippen molar-refractivity contribution in [3.63, 3.8) is 0 Å². The fraction of sp³-hybridized carbons (Fsp3) is 0.0952. The summed E-state index contributed by atoms with van der Waals surface area (Å²) in [7, 11) is 0. The topological polar surface area (TPSA) is 97.2 Å². The average molecular weight is 429 g/mol. The zero-order valence-electron chi connectivity index (χ0n) is 15.7. The number of alkyl halides is 3. The largest absolute Gasteiger partial charge is 0.573 e.